The third-order valence-electron chi connectivity index (χ3n) is 2.96. The number of hydrogen-bond donors (Lipinski definition) is 3. The zero-order chi connectivity index (χ0) is 13.0. The van der Waals surface area contributed by atoms with Crippen molar-refractivity contribution in [1.29, 1.82) is 0 Å². The van der Waals surface area contributed by atoms with Crippen LogP contribution in [0.2, 0.25) is 0 Å². The van der Waals surface area contributed by atoms with Crippen LogP contribution in [-0.4, -0.2) is 21.7 Å². The SMILES string of the molecule is Cc1nc(CNc2cccc(CCO)c2)[nH]c1C. The summed E-state index contributed by atoms with van der Waals surface area (Å²) in [6.07, 6.45) is 0.689. The van der Waals surface area contributed by atoms with Gasteiger partial charge in [-0.1, -0.05) is 12.1 Å². The van der Waals surface area contributed by atoms with E-state index < -0.39 is 0 Å². The molecule has 0 saturated heterocycles. The Hall–Kier alpha value is -1.81. The number of H-pyrrole nitrogens is 1. The van der Waals surface area contributed by atoms with Crippen molar-refractivity contribution < 1.29 is 5.11 Å². The highest BCUT2D eigenvalue weighted by molar-refractivity contribution is 5.45. The smallest absolute Gasteiger partial charge is 0.125 e. The molecule has 0 unspecified atom stereocenters. The van der Waals surface area contributed by atoms with Crippen LogP contribution in [0.5, 0.6) is 0 Å². The van der Waals surface area contributed by atoms with Crippen molar-refractivity contribution in [3.63, 3.8) is 0 Å². The van der Waals surface area contributed by atoms with E-state index in [1.807, 2.05) is 32.0 Å². The third-order valence-corrected chi connectivity index (χ3v) is 2.96. The first-order valence-electron chi connectivity index (χ1n) is 6.15. The van der Waals surface area contributed by atoms with E-state index in [2.05, 4.69) is 21.4 Å². The van der Waals surface area contributed by atoms with Crippen LogP contribution in [0, 0.1) is 13.8 Å². The van der Waals surface area contributed by atoms with Gasteiger partial charge in [-0.3, -0.25) is 0 Å². The Morgan fingerprint density at radius 3 is 2.83 bits per heavy atom. The molecule has 3 N–H and O–H groups in total. The topological polar surface area (TPSA) is 60.9 Å². The van der Waals surface area contributed by atoms with Crippen molar-refractivity contribution in [2.75, 3.05) is 11.9 Å². The Balaban J connectivity index is 1.99. The van der Waals surface area contributed by atoms with Crippen LogP contribution in [0.1, 0.15) is 22.8 Å². The number of rotatable bonds is 5. The van der Waals surface area contributed by atoms with Crippen LogP contribution in [0.3, 0.4) is 0 Å². The summed E-state index contributed by atoms with van der Waals surface area (Å²) in [7, 11) is 0. The predicted molar refractivity (Wildman–Crippen MR) is 72.6 cm³/mol. The van der Waals surface area contributed by atoms with Crippen molar-refractivity contribution in [2.45, 2.75) is 26.8 Å². The molecule has 0 spiro atoms. The van der Waals surface area contributed by atoms with Gasteiger partial charge in [-0.25, -0.2) is 4.98 Å². The number of aromatic nitrogens is 2. The molecular formula is C14H19N3O. The van der Waals surface area contributed by atoms with Crippen LogP contribution in [0.15, 0.2) is 24.3 Å². The standard InChI is InChI=1S/C14H19N3O/c1-10-11(2)17-14(16-10)9-15-13-5-3-4-12(8-13)6-7-18/h3-5,8,15,18H,6-7,9H2,1-2H3,(H,16,17). The summed E-state index contributed by atoms with van der Waals surface area (Å²) in [5, 5.41) is 12.2. The van der Waals surface area contributed by atoms with Crippen molar-refractivity contribution in [1.82, 2.24) is 9.97 Å². The van der Waals surface area contributed by atoms with E-state index >= 15 is 0 Å². The van der Waals surface area contributed by atoms with Crippen molar-refractivity contribution in [3.8, 4) is 0 Å². The molecule has 1 heterocycles. The number of hydrogen-bond acceptors (Lipinski definition) is 3. The van der Waals surface area contributed by atoms with Gasteiger partial charge in [0.2, 0.25) is 0 Å². The fraction of sp³-hybridized carbons (Fsp3) is 0.357. The molecule has 0 amide bonds. The average molecular weight is 245 g/mol. The summed E-state index contributed by atoms with van der Waals surface area (Å²) in [6.45, 7) is 4.88. The van der Waals surface area contributed by atoms with Crippen LogP contribution < -0.4 is 5.32 Å². The molecule has 0 aliphatic heterocycles. The molecule has 2 rings (SSSR count). The molecule has 0 saturated carbocycles. The van der Waals surface area contributed by atoms with Crippen LogP contribution in [-0.2, 0) is 13.0 Å². The Morgan fingerprint density at radius 1 is 1.33 bits per heavy atom. The molecule has 0 aliphatic carbocycles. The maximum Gasteiger partial charge on any atom is 0.125 e. The second kappa shape index (κ2) is 5.69. The van der Waals surface area contributed by atoms with E-state index in [0.717, 1.165) is 28.5 Å². The molecule has 4 heteroatoms. The lowest BCUT2D eigenvalue weighted by atomic mass is 10.1. The minimum Gasteiger partial charge on any atom is -0.396 e. The highest BCUT2D eigenvalue weighted by Gasteiger charge is 2.02. The molecule has 0 atom stereocenters. The molecular weight excluding hydrogens is 226 g/mol. The van der Waals surface area contributed by atoms with Crippen molar-refractivity contribution >= 4 is 5.69 Å². The van der Waals surface area contributed by atoms with Crippen LogP contribution >= 0.6 is 0 Å². The van der Waals surface area contributed by atoms with Crippen molar-refractivity contribution in [2.24, 2.45) is 0 Å². The minimum atomic E-state index is 0.181. The number of nitrogens with one attached hydrogen (secondary N) is 2. The summed E-state index contributed by atoms with van der Waals surface area (Å²) < 4.78 is 0. The van der Waals surface area contributed by atoms with Gasteiger partial charge in [-0.2, -0.15) is 0 Å². The monoisotopic (exact) mass is 245 g/mol. The Morgan fingerprint density at radius 2 is 2.17 bits per heavy atom. The first-order valence-corrected chi connectivity index (χ1v) is 6.15. The Bertz CT molecular complexity index is 500. The molecule has 0 fully saturated rings. The zero-order valence-corrected chi connectivity index (χ0v) is 10.8. The summed E-state index contributed by atoms with van der Waals surface area (Å²) in [4.78, 5) is 7.67. The molecule has 4 nitrogen and oxygen atoms in total. The third kappa shape index (κ3) is 3.11. The molecule has 1 aromatic heterocycles. The van der Waals surface area contributed by atoms with Gasteiger partial charge in [-0.05, 0) is 38.0 Å². The molecule has 18 heavy (non-hydrogen) atoms. The maximum absolute atomic E-state index is 8.92. The molecule has 1 aromatic carbocycles. The predicted octanol–water partition coefficient (Wildman–Crippen LogP) is 2.17. The van der Waals surface area contributed by atoms with Gasteiger partial charge in [0, 0.05) is 18.0 Å². The van der Waals surface area contributed by atoms with E-state index in [0.29, 0.717) is 13.0 Å². The maximum atomic E-state index is 8.92. The first kappa shape index (κ1) is 12.6. The van der Waals surface area contributed by atoms with Gasteiger partial charge in [0.25, 0.3) is 0 Å². The number of imidazole rings is 1. The minimum absolute atomic E-state index is 0.181. The van der Waals surface area contributed by atoms with Gasteiger partial charge >= 0.3 is 0 Å². The van der Waals surface area contributed by atoms with E-state index in [1.165, 1.54) is 0 Å². The second-order valence-electron chi connectivity index (χ2n) is 4.42. The molecule has 0 radical (unpaired) electrons. The number of benzene rings is 1. The van der Waals surface area contributed by atoms with Gasteiger partial charge in [0.15, 0.2) is 0 Å². The molecule has 0 bridgehead atoms. The summed E-state index contributed by atoms with van der Waals surface area (Å²) >= 11 is 0. The lowest BCUT2D eigenvalue weighted by Gasteiger charge is -2.06. The lowest BCUT2D eigenvalue weighted by Crippen LogP contribution is -2.02. The van der Waals surface area contributed by atoms with E-state index in [-0.39, 0.29) is 6.61 Å². The van der Waals surface area contributed by atoms with Gasteiger partial charge in [-0.15, -0.1) is 0 Å². The first-order chi connectivity index (χ1) is 8.69. The number of aromatic amines is 1. The van der Waals surface area contributed by atoms with E-state index in [9.17, 15) is 0 Å². The fourth-order valence-corrected chi connectivity index (χ4v) is 1.86. The normalized spacial score (nSPS) is 10.6. The molecule has 2 aromatic rings. The molecule has 0 aliphatic rings. The summed E-state index contributed by atoms with van der Waals surface area (Å²) in [5.74, 6) is 0.942. The highest BCUT2D eigenvalue weighted by Crippen LogP contribution is 2.12. The molecule has 96 valence electrons. The quantitative estimate of drug-likeness (QED) is 0.756. The second-order valence-corrected chi connectivity index (χ2v) is 4.42. The number of aliphatic hydroxyl groups excluding tert-OH is 1. The summed E-state index contributed by atoms with van der Waals surface area (Å²) in [5.41, 5.74) is 4.34. The number of aliphatic hydroxyl groups is 1. The number of aryl methyl sites for hydroxylation is 2. The average Bonchev–Trinajstić information content (AvgIpc) is 2.67. The van der Waals surface area contributed by atoms with Gasteiger partial charge < -0.3 is 15.4 Å². The van der Waals surface area contributed by atoms with Gasteiger partial charge in [0.1, 0.15) is 5.82 Å². The van der Waals surface area contributed by atoms with Crippen LogP contribution in [0.4, 0.5) is 5.69 Å². The zero-order valence-electron chi connectivity index (χ0n) is 10.8. The van der Waals surface area contributed by atoms with Crippen molar-refractivity contribution in [3.05, 3.63) is 47.0 Å². The summed E-state index contributed by atoms with van der Waals surface area (Å²) in [6, 6.07) is 8.08. The van der Waals surface area contributed by atoms with E-state index in [1.54, 1.807) is 0 Å². The Labute approximate surface area is 107 Å². The fourth-order valence-electron chi connectivity index (χ4n) is 1.86. The van der Waals surface area contributed by atoms with E-state index in [4.69, 9.17) is 5.11 Å². The number of anilines is 1. The Kier molecular flexibility index (Phi) is 3.99. The highest BCUT2D eigenvalue weighted by atomic mass is 16.2. The van der Waals surface area contributed by atoms with Crippen LogP contribution in [0.25, 0.3) is 0 Å². The van der Waals surface area contributed by atoms with Gasteiger partial charge in [0.05, 0.1) is 12.2 Å². The number of nitrogens with zero attached hydrogens (tertiary/aromatic N) is 1. The lowest BCUT2D eigenvalue weighted by molar-refractivity contribution is 0.299. The largest absolute Gasteiger partial charge is 0.396 e.